The number of para-hydroxylation sites is 1. The van der Waals surface area contributed by atoms with E-state index >= 15 is 0 Å². The van der Waals surface area contributed by atoms with Crippen LogP contribution in [0, 0.1) is 6.92 Å². The first-order valence-electron chi connectivity index (χ1n) is 6.13. The first-order valence-corrected chi connectivity index (χ1v) is 6.13. The number of nitrogens with zero attached hydrogens (tertiary/aromatic N) is 2. The zero-order valence-electron chi connectivity index (χ0n) is 12.2. The van der Waals surface area contributed by atoms with Gasteiger partial charge in [-0.3, -0.25) is 9.48 Å². The van der Waals surface area contributed by atoms with Crippen LogP contribution in [0.4, 0.5) is 5.69 Å². The molecule has 0 aliphatic heterocycles. The first kappa shape index (κ1) is 18.3. The molecule has 20 heavy (non-hydrogen) atoms. The molecule has 0 amide bonds. The molecule has 6 heteroatoms. The maximum atomic E-state index is 12.4. The highest BCUT2D eigenvalue weighted by molar-refractivity contribution is 5.85. The number of benzene rings is 1. The van der Waals surface area contributed by atoms with Crippen molar-refractivity contribution < 1.29 is 5.48 Å². The van der Waals surface area contributed by atoms with E-state index in [0.29, 0.717) is 5.69 Å². The predicted molar refractivity (Wildman–Crippen MR) is 85.4 cm³/mol. The highest BCUT2D eigenvalue weighted by Crippen LogP contribution is 2.14. The molecule has 1 aromatic heterocycles. The van der Waals surface area contributed by atoms with Gasteiger partial charge in [0.25, 0.3) is 5.56 Å². The van der Waals surface area contributed by atoms with E-state index in [1.165, 1.54) is 0 Å². The zero-order chi connectivity index (χ0) is 13.3. The topological polar surface area (TPSA) is 70.5 Å². The molecule has 2 rings (SSSR count). The third-order valence-electron chi connectivity index (χ3n) is 2.99. The second-order valence-electron chi connectivity index (χ2n) is 4.74. The van der Waals surface area contributed by atoms with Crippen LogP contribution in [0.5, 0.6) is 0 Å². The summed E-state index contributed by atoms with van der Waals surface area (Å²) in [5.41, 5.74) is 2.49. The van der Waals surface area contributed by atoms with Crippen LogP contribution < -0.4 is 10.9 Å². The van der Waals surface area contributed by atoms with Gasteiger partial charge in [0.15, 0.2) is 0 Å². The number of aromatic nitrogens is 2. The highest BCUT2D eigenvalue weighted by atomic mass is 35.5. The minimum absolute atomic E-state index is 0. The van der Waals surface area contributed by atoms with E-state index < -0.39 is 0 Å². The minimum atomic E-state index is -0.00472. The van der Waals surface area contributed by atoms with E-state index in [4.69, 9.17) is 0 Å². The number of halogens is 1. The fourth-order valence-electron chi connectivity index (χ4n) is 2.02. The molecule has 112 valence electrons. The SMILES string of the molecule is Cc1c(NC(C)C)c(=O)n(-c2ccccc2)n1C.Cl.O. The first-order chi connectivity index (χ1) is 8.52. The van der Waals surface area contributed by atoms with Crippen molar-refractivity contribution in [2.24, 2.45) is 7.05 Å². The minimum Gasteiger partial charge on any atom is -0.412 e. The Morgan fingerprint density at radius 2 is 1.70 bits per heavy atom. The molecule has 0 radical (unpaired) electrons. The van der Waals surface area contributed by atoms with Gasteiger partial charge in [-0.1, -0.05) is 18.2 Å². The average Bonchev–Trinajstić information content (AvgIpc) is 2.54. The van der Waals surface area contributed by atoms with Gasteiger partial charge in [0.2, 0.25) is 0 Å². The van der Waals surface area contributed by atoms with E-state index in [2.05, 4.69) is 5.32 Å². The van der Waals surface area contributed by atoms with Crippen LogP contribution in [0.2, 0.25) is 0 Å². The summed E-state index contributed by atoms with van der Waals surface area (Å²) in [6.45, 7) is 6.00. The number of rotatable bonds is 3. The van der Waals surface area contributed by atoms with Crippen LogP contribution in [0.15, 0.2) is 35.1 Å². The Bertz CT molecular complexity index is 603. The lowest BCUT2D eigenvalue weighted by Crippen LogP contribution is -2.22. The van der Waals surface area contributed by atoms with Gasteiger partial charge in [0.1, 0.15) is 5.69 Å². The standard InChI is InChI=1S/C14H19N3O.ClH.H2O/c1-10(2)15-13-11(3)16(4)17(14(13)18)12-8-6-5-7-9-12;;/h5-10,15H,1-4H3;1H;1H2. The van der Waals surface area contributed by atoms with Crippen molar-refractivity contribution in [3.05, 3.63) is 46.4 Å². The number of nitrogens with one attached hydrogen (secondary N) is 1. The highest BCUT2D eigenvalue weighted by Gasteiger charge is 2.15. The van der Waals surface area contributed by atoms with Gasteiger partial charge in [0.05, 0.1) is 11.4 Å². The van der Waals surface area contributed by atoms with Gasteiger partial charge >= 0.3 is 0 Å². The predicted octanol–water partition coefficient (Wildman–Crippen LogP) is 1.90. The third-order valence-corrected chi connectivity index (χ3v) is 2.99. The molecule has 0 atom stereocenters. The summed E-state index contributed by atoms with van der Waals surface area (Å²) >= 11 is 0. The lowest BCUT2D eigenvalue weighted by atomic mass is 10.3. The summed E-state index contributed by atoms with van der Waals surface area (Å²) in [4.78, 5) is 12.4. The number of hydrogen-bond donors (Lipinski definition) is 1. The summed E-state index contributed by atoms with van der Waals surface area (Å²) in [5.74, 6) is 0. The Morgan fingerprint density at radius 1 is 1.15 bits per heavy atom. The van der Waals surface area contributed by atoms with Crippen LogP contribution in [-0.2, 0) is 7.05 Å². The van der Waals surface area contributed by atoms with Crippen LogP contribution in [0.3, 0.4) is 0 Å². The monoisotopic (exact) mass is 299 g/mol. The van der Waals surface area contributed by atoms with Crippen LogP contribution in [-0.4, -0.2) is 20.9 Å². The molecule has 3 N–H and O–H groups in total. The Kier molecular flexibility index (Phi) is 6.55. The van der Waals surface area contributed by atoms with Crippen molar-refractivity contribution in [2.45, 2.75) is 26.8 Å². The van der Waals surface area contributed by atoms with Crippen LogP contribution in [0.25, 0.3) is 5.69 Å². The van der Waals surface area contributed by atoms with Gasteiger partial charge in [-0.2, -0.15) is 0 Å². The van der Waals surface area contributed by atoms with Gasteiger partial charge in [-0.25, -0.2) is 4.68 Å². The quantitative estimate of drug-likeness (QED) is 0.940. The van der Waals surface area contributed by atoms with Crippen LogP contribution >= 0.6 is 12.4 Å². The molecule has 2 aromatic rings. The zero-order valence-corrected chi connectivity index (χ0v) is 13.0. The molecule has 0 bridgehead atoms. The van der Waals surface area contributed by atoms with E-state index in [1.54, 1.807) is 4.68 Å². The maximum Gasteiger partial charge on any atom is 0.295 e. The van der Waals surface area contributed by atoms with Crippen LogP contribution in [0.1, 0.15) is 19.5 Å². The van der Waals surface area contributed by atoms with Crippen molar-refractivity contribution in [1.29, 1.82) is 0 Å². The molecule has 0 unspecified atom stereocenters. The van der Waals surface area contributed by atoms with Gasteiger partial charge in [0, 0.05) is 13.1 Å². The second kappa shape index (κ2) is 7.17. The molecule has 1 aromatic carbocycles. The normalized spacial score (nSPS) is 9.85. The molecule has 0 fully saturated rings. The molecule has 0 aliphatic carbocycles. The second-order valence-corrected chi connectivity index (χ2v) is 4.74. The molecular weight excluding hydrogens is 278 g/mol. The maximum absolute atomic E-state index is 12.4. The molecule has 0 aliphatic rings. The fourth-order valence-corrected chi connectivity index (χ4v) is 2.02. The number of anilines is 1. The van der Waals surface area contributed by atoms with E-state index in [9.17, 15) is 4.79 Å². The van der Waals surface area contributed by atoms with Crippen molar-refractivity contribution in [2.75, 3.05) is 5.32 Å². The summed E-state index contributed by atoms with van der Waals surface area (Å²) < 4.78 is 3.56. The smallest absolute Gasteiger partial charge is 0.295 e. The van der Waals surface area contributed by atoms with Crippen molar-refractivity contribution >= 4 is 18.1 Å². The Labute approximate surface area is 124 Å². The average molecular weight is 300 g/mol. The van der Waals surface area contributed by atoms with Crippen molar-refractivity contribution in [1.82, 2.24) is 9.36 Å². The lowest BCUT2D eigenvalue weighted by molar-refractivity contribution is 0.630. The largest absolute Gasteiger partial charge is 0.412 e. The van der Waals surface area contributed by atoms with Gasteiger partial charge in [-0.15, -0.1) is 12.4 Å². The van der Waals surface area contributed by atoms with E-state index in [-0.39, 0.29) is 29.5 Å². The molecule has 0 spiro atoms. The van der Waals surface area contributed by atoms with Crippen molar-refractivity contribution in [3.8, 4) is 5.69 Å². The fraction of sp³-hybridized carbons (Fsp3) is 0.357. The van der Waals surface area contributed by atoms with Gasteiger partial charge in [-0.05, 0) is 32.9 Å². The summed E-state index contributed by atoms with van der Waals surface area (Å²) in [6.07, 6.45) is 0. The summed E-state index contributed by atoms with van der Waals surface area (Å²) in [6, 6.07) is 9.90. The number of hydrogen-bond acceptors (Lipinski definition) is 2. The Balaban J connectivity index is 0.00000180. The Hall–Kier alpha value is -1.72. The molecular formula is C14H22ClN3O2. The summed E-state index contributed by atoms with van der Waals surface area (Å²) in [5, 5.41) is 3.22. The Morgan fingerprint density at radius 3 is 2.20 bits per heavy atom. The van der Waals surface area contributed by atoms with E-state index in [0.717, 1.165) is 11.4 Å². The summed E-state index contributed by atoms with van der Waals surface area (Å²) in [7, 11) is 1.90. The molecule has 0 saturated heterocycles. The van der Waals surface area contributed by atoms with Gasteiger partial charge < -0.3 is 10.8 Å². The third kappa shape index (κ3) is 3.23. The molecule has 5 nitrogen and oxygen atoms in total. The molecule has 1 heterocycles. The molecule has 0 saturated carbocycles. The lowest BCUT2D eigenvalue weighted by Gasteiger charge is -2.08. The van der Waals surface area contributed by atoms with Crippen molar-refractivity contribution in [3.63, 3.8) is 0 Å². The van der Waals surface area contributed by atoms with E-state index in [1.807, 2.05) is 62.8 Å².